The van der Waals surface area contributed by atoms with Crippen LogP contribution in [0.25, 0.3) is 0 Å². The summed E-state index contributed by atoms with van der Waals surface area (Å²) in [7, 11) is 3.09. The van der Waals surface area contributed by atoms with Crippen LogP contribution in [0.1, 0.15) is 36.8 Å². The molecule has 0 aromatic heterocycles. The first-order valence-electron chi connectivity index (χ1n) is 9.89. The number of benzene rings is 2. The average Bonchev–Trinajstić information content (AvgIpc) is 3.27. The molecule has 0 radical (unpaired) electrons. The van der Waals surface area contributed by atoms with Gasteiger partial charge in [0.25, 0.3) is 5.91 Å². The van der Waals surface area contributed by atoms with Gasteiger partial charge in [0.15, 0.2) is 18.1 Å². The van der Waals surface area contributed by atoms with E-state index in [2.05, 4.69) is 5.32 Å². The van der Waals surface area contributed by atoms with Crippen molar-refractivity contribution in [1.82, 2.24) is 5.32 Å². The fourth-order valence-corrected chi connectivity index (χ4v) is 3.89. The van der Waals surface area contributed by atoms with Crippen LogP contribution >= 0.6 is 0 Å². The molecule has 7 heteroatoms. The third-order valence-corrected chi connectivity index (χ3v) is 5.50. The molecule has 3 rings (SSSR count). The maximum atomic E-state index is 13.7. The molecule has 1 saturated carbocycles. The van der Waals surface area contributed by atoms with Gasteiger partial charge in [-0.05, 0) is 48.2 Å². The normalized spacial score (nSPS) is 14.8. The van der Waals surface area contributed by atoms with Crippen LogP contribution < -0.4 is 14.8 Å². The van der Waals surface area contributed by atoms with Crippen molar-refractivity contribution in [2.75, 3.05) is 20.8 Å². The summed E-state index contributed by atoms with van der Waals surface area (Å²) in [4.78, 5) is 25.1. The Morgan fingerprint density at radius 3 is 2.43 bits per heavy atom. The topological polar surface area (TPSA) is 73.9 Å². The second-order valence-electron chi connectivity index (χ2n) is 7.34. The summed E-state index contributed by atoms with van der Waals surface area (Å²) in [6, 6.07) is 11.4. The molecule has 1 amide bonds. The van der Waals surface area contributed by atoms with Gasteiger partial charge < -0.3 is 19.5 Å². The molecule has 0 aliphatic heterocycles. The molecule has 30 heavy (non-hydrogen) atoms. The molecule has 160 valence electrons. The highest BCUT2D eigenvalue weighted by atomic mass is 19.1. The summed E-state index contributed by atoms with van der Waals surface area (Å²) in [6.07, 6.45) is 2.89. The standard InChI is InChI=1S/C23H26FNO5/c1-28-19-9-8-16(12-20(19)29-2)14-25-21(26)15-30-22(27)23(10-3-4-11-23)17-6-5-7-18(24)13-17/h5-9,12-13H,3-4,10-11,14-15H2,1-2H3,(H,25,26). The van der Waals surface area contributed by atoms with Gasteiger partial charge in [0.1, 0.15) is 5.82 Å². The molecule has 6 nitrogen and oxygen atoms in total. The second-order valence-corrected chi connectivity index (χ2v) is 7.34. The number of esters is 1. The number of rotatable bonds is 8. The van der Waals surface area contributed by atoms with Crippen molar-refractivity contribution < 1.29 is 28.2 Å². The lowest BCUT2D eigenvalue weighted by Gasteiger charge is -2.27. The summed E-state index contributed by atoms with van der Waals surface area (Å²) in [5, 5.41) is 2.72. The molecule has 1 fully saturated rings. The smallest absolute Gasteiger partial charge is 0.317 e. The third kappa shape index (κ3) is 4.72. The Bertz CT molecular complexity index is 908. The van der Waals surface area contributed by atoms with Crippen LogP contribution in [-0.2, 0) is 26.3 Å². The predicted molar refractivity (Wildman–Crippen MR) is 109 cm³/mol. The fourth-order valence-electron chi connectivity index (χ4n) is 3.89. The van der Waals surface area contributed by atoms with Crippen molar-refractivity contribution in [2.24, 2.45) is 0 Å². The van der Waals surface area contributed by atoms with E-state index in [9.17, 15) is 14.0 Å². The van der Waals surface area contributed by atoms with Gasteiger partial charge in [0.2, 0.25) is 0 Å². The van der Waals surface area contributed by atoms with Crippen molar-refractivity contribution in [1.29, 1.82) is 0 Å². The summed E-state index contributed by atoms with van der Waals surface area (Å²) >= 11 is 0. The van der Waals surface area contributed by atoms with Gasteiger partial charge >= 0.3 is 5.97 Å². The van der Waals surface area contributed by atoms with Gasteiger partial charge in [-0.2, -0.15) is 0 Å². The predicted octanol–water partition coefficient (Wildman–Crippen LogP) is 3.51. The first-order chi connectivity index (χ1) is 14.5. The third-order valence-electron chi connectivity index (χ3n) is 5.50. The van der Waals surface area contributed by atoms with Crippen molar-refractivity contribution in [3.63, 3.8) is 0 Å². The largest absolute Gasteiger partial charge is 0.493 e. The molecule has 1 N–H and O–H groups in total. The fraction of sp³-hybridized carbons (Fsp3) is 0.391. The summed E-state index contributed by atoms with van der Waals surface area (Å²) in [5.74, 6) is -0.119. The first-order valence-corrected chi connectivity index (χ1v) is 9.89. The molecule has 0 heterocycles. The Morgan fingerprint density at radius 1 is 1.03 bits per heavy atom. The molecule has 0 unspecified atom stereocenters. The highest BCUT2D eigenvalue weighted by molar-refractivity contribution is 5.86. The van der Waals surface area contributed by atoms with Crippen molar-refractivity contribution in [2.45, 2.75) is 37.6 Å². The van der Waals surface area contributed by atoms with E-state index in [1.54, 1.807) is 31.4 Å². The van der Waals surface area contributed by atoms with Crippen LogP contribution in [0.2, 0.25) is 0 Å². The number of carbonyl (C=O) groups excluding carboxylic acids is 2. The van der Waals surface area contributed by atoms with Gasteiger partial charge in [-0.25, -0.2) is 4.39 Å². The molecule has 0 atom stereocenters. The molecular formula is C23H26FNO5. The van der Waals surface area contributed by atoms with Gasteiger partial charge in [-0.1, -0.05) is 31.0 Å². The van der Waals surface area contributed by atoms with E-state index in [1.807, 2.05) is 6.07 Å². The van der Waals surface area contributed by atoms with Crippen molar-refractivity contribution in [3.05, 3.63) is 59.4 Å². The zero-order valence-electron chi connectivity index (χ0n) is 17.2. The number of carbonyl (C=O) groups is 2. The van der Waals surface area contributed by atoms with Gasteiger partial charge in [0.05, 0.1) is 19.6 Å². The Balaban J connectivity index is 1.58. The number of nitrogens with one attached hydrogen (secondary N) is 1. The van der Waals surface area contributed by atoms with Crippen LogP contribution in [0.4, 0.5) is 4.39 Å². The van der Waals surface area contributed by atoms with Crippen LogP contribution in [0.15, 0.2) is 42.5 Å². The highest BCUT2D eigenvalue weighted by Gasteiger charge is 2.44. The number of halogens is 1. The van der Waals surface area contributed by atoms with Crippen molar-refractivity contribution in [3.8, 4) is 11.5 Å². The van der Waals surface area contributed by atoms with E-state index in [4.69, 9.17) is 14.2 Å². The zero-order chi connectivity index (χ0) is 21.6. The van der Waals surface area contributed by atoms with Crippen molar-refractivity contribution >= 4 is 11.9 Å². The van der Waals surface area contributed by atoms with Gasteiger partial charge in [0, 0.05) is 6.54 Å². The lowest BCUT2D eigenvalue weighted by Crippen LogP contribution is -2.37. The monoisotopic (exact) mass is 415 g/mol. The van der Waals surface area contributed by atoms with E-state index >= 15 is 0 Å². The highest BCUT2D eigenvalue weighted by Crippen LogP contribution is 2.42. The first kappa shape index (κ1) is 21.6. The summed E-state index contributed by atoms with van der Waals surface area (Å²) in [6.45, 7) is -0.130. The Kier molecular flexibility index (Phi) is 6.92. The quantitative estimate of drug-likeness (QED) is 0.668. The van der Waals surface area contributed by atoms with Gasteiger partial charge in [-0.3, -0.25) is 9.59 Å². The number of amides is 1. The number of hydrogen-bond donors (Lipinski definition) is 1. The molecular weight excluding hydrogens is 389 g/mol. The molecule has 1 aliphatic carbocycles. The SMILES string of the molecule is COc1ccc(CNC(=O)COC(=O)C2(c3cccc(F)c3)CCCC2)cc1OC. The second kappa shape index (κ2) is 9.61. The maximum Gasteiger partial charge on any atom is 0.317 e. The minimum absolute atomic E-state index is 0.256. The minimum atomic E-state index is -0.883. The Hall–Kier alpha value is -3.09. The Morgan fingerprint density at radius 2 is 1.77 bits per heavy atom. The molecule has 2 aromatic carbocycles. The van der Waals surface area contributed by atoms with E-state index in [0.29, 0.717) is 29.9 Å². The van der Waals surface area contributed by atoms with E-state index < -0.39 is 17.3 Å². The number of ether oxygens (including phenoxy) is 3. The maximum absolute atomic E-state index is 13.7. The van der Waals surface area contributed by atoms with E-state index in [0.717, 1.165) is 18.4 Å². The van der Waals surface area contributed by atoms with E-state index in [-0.39, 0.29) is 19.0 Å². The minimum Gasteiger partial charge on any atom is -0.493 e. The molecule has 0 saturated heterocycles. The molecule has 2 aromatic rings. The number of hydrogen-bond acceptors (Lipinski definition) is 5. The summed E-state index contributed by atoms with van der Waals surface area (Å²) in [5.41, 5.74) is 0.543. The van der Waals surface area contributed by atoms with E-state index in [1.165, 1.54) is 19.2 Å². The molecule has 0 bridgehead atoms. The Labute approximate surface area is 175 Å². The lowest BCUT2D eigenvalue weighted by atomic mass is 9.79. The van der Waals surface area contributed by atoms with Gasteiger partial charge in [-0.15, -0.1) is 0 Å². The lowest BCUT2D eigenvalue weighted by molar-refractivity contribution is -0.154. The molecule has 1 aliphatic rings. The van der Waals surface area contributed by atoms with Crippen LogP contribution in [-0.4, -0.2) is 32.7 Å². The zero-order valence-corrected chi connectivity index (χ0v) is 17.2. The van der Waals surface area contributed by atoms with Crippen LogP contribution in [0, 0.1) is 5.82 Å². The summed E-state index contributed by atoms with van der Waals surface area (Å²) < 4.78 is 29.5. The number of methoxy groups -OCH3 is 2. The molecule has 0 spiro atoms. The van der Waals surface area contributed by atoms with Crippen LogP contribution in [0.3, 0.4) is 0 Å². The average molecular weight is 415 g/mol. The van der Waals surface area contributed by atoms with Crippen LogP contribution in [0.5, 0.6) is 11.5 Å².